The minimum Gasteiger partial charge on any atom is -0.299 e. The topological polar surface area (TPSA) is 38.1 Å². The summed E-state index contributed by atoms with van der Waals surface area (Å²) < 4.78 is 1.76. The predicted octanol–water partition coefficient (Wildman–Crippen LogP) is 4.24. The van der Waals surface area contributed by atoms with E-state index in [4.69, 9.17) is 11.6 Å². The van der Waals surface area contributed by atoms with Crippen LogP contribution in [0.15, 0.2) is 29.3 Å². The smallest absolute Gasteiger partial charge is 0.261 e. The highest BCUT2D eigenvalue weighted by Crippen LogP contribution is 2.30. The summed E-state index contributed by atoms with van der Waals surface area (Å²) in [6, 6.07) is 6.80. The molecule has 2 aliphatic rings. The number of nitrogens with zero attached hydrogens (tertiary/aromatic N) is 3. The van der Waals surface area contributed by atoms with Crippen LogP contribution in [-0.2, 0) is 6.54 Å². The van der Waals surface area contributed by atoms with Gasteiger partial charge in [-0.05, 0) is 50.8 Å². The number of aromatic nitrogens is 2. The summed E-state index contributed by atoms with van der Waals surface area (Å²) in [6.07, 6.45) is 12.1. The van der Waals surface area contributed by atoms with Crippen LogP contribution in [0, 0.1) is 0 Å². The maximum Gasteiger partial charge on any atom is 0.261 e. The van der Waals surface area contributed by atoms with E-state index in [9.17, 15) is 4.79 Å². The average Bonchev–Trinajstić information content (AvgIpc) is 3.17. The minimum absolute atomic E-state index is 0.0238. The molecule has 1 saturated carbocycles. The molecule has 1 aromatic carbocycles. The van der Waals surface area contributed by atoms with Gasteiger partial charge in [0.15, 0.2) is 0 Å². The van der Waals surface area contributed by atoms with E-state index >= 15 is 0 Å². The Labute approximate surface area is 153 Å². The Morgan fingerprint density at radius 3 is 2.76 bits per heavy atom. The summed E-state index contributed by atoms with van der Waals surface area (Å²) in [6.45, 7) is 1.97. The van der Waals surface area contributed by atoms with Crippen molar-refractivity contribution < 1.29 is 0 Å². The van der Waals surface area contributed by atoms with Gasteiger partial charge in [0.2, 0.25) is 0 Å². The summed E-state index contributed by atoms with van der Waals surface area (Å²) in [5.41, 5.74) is 0.631. The van der Waals surface area contributed by atoms with Gasteiger partial charge in [0.1, 0.15) is 0 Å². The van der Waals surface area contributed by atoms with E-state index in [1.807, 2.05) is 12.1 Å². The van der Waals surface area contributed by atoms with Crippen molar-refractivity contribution in [3.63, 3.8) is 0 Å². The maximum absolute atomic E-state index is 12.7. The van der Waals surface area contributed by atoms with E-state index in [1.165, 1.54) is 51.5 Å². The third-order valence-corrected chi connectivity index (χ3v) is 6.28. The normalized spacial score (nSPS) is 22.7. The number of benzene rings is 1. The van der Waals surface area contributed by atoms with Crippen LogP contribution < -0.4 is 5.56 Å². The molecule has 0 spiro atoms. The van der Waals surface area contributed by atoms with Crippen LogP contribution >= 0.6 is 11.6 Å². The van der Waals surface area contributed by atoms with Gasteiger partial charge in [-0.15, -0.1) is 0 Å². The van der Waals surface area contributed by atoms with Gasteiger partial charge in [0.05, 0.1) is 22.3 Å². The first-order valence-corrected chi connectivity index (χ1v) is 10.0. The number of para-hydroxylation sites is 1. The van der Waals surface area contributed by atoms with Crippen LogP contribution in [-0.4, -0.2) is 33.1 Å². The van der Waals surface area contributed by atoms with E-state index < -0.39 is 0 Å². The fourth-order valence-corrected chi connectivity index (χ4v) is 4.87. The van der Waals surface area contributed by atoms with Gasteiger partial charge >= 0.3 is 0 Å². The second-order valence-electron chi connectivity index (χ2n) is 7.49. The maximum atomic E-state index is 12.7. The third-order valence-electron chi connectivity index (χ3n) is 5.97. The largest absolute Gasteiger partial charge is 0.299 e. The van der Waals surface area contributed by atoms with Crippen molar-refractivity contribution >= 4 is 22.5 Å². The lowest BCUT2D eigenvalue weighted by molar-refractivity contribution is 0.0880. The number of rotatable bonds is 4. The molecule has 134 valence electrons. The first-order valence-electron chi connectivity index (χ1n) is 9.63. The Morgan fingerprint density at radius 2 is 1.92 bits per heavy atom. The zero-order valence-electron chi connectivity index (χ0n) is 14.7. The molecule has 1 aliphatic carbocycles. The molecule has 2 heterocycles. The first-order chi connectivity index (χ1) is 12.2. The number of likely N-dealkylation sites (tertiary alicyclic amines) is 1. The van der Waals surface area contributed by atoms with Crippen LogP contribution in [0.2, 0.25) is 5.02 Å². The Kier molecular flexibility index (Phi) is 5.09. The molecule has 2 fully saturated rings. The van der Waals surface area contributed by atoms with E-state index in [-0.39, 0.29) is 5.56 Å². The molecule has 1 aromatic heterocycles. The Morgan fingerprint density at radius 1 is 1.12 bits per heavy atom. The summed E-state index contributed by atoms with van der Waals surface area (Å²) in [4.78, 5) is 19.9. The molecule has 1 saturated heterocycles. The quantitative estimate of drug-likeness (QED) is 0.819. The molecule has 0 radical (unpaired) electrons. The Balaban J connectivity index is 1.51. The Bertz CT molecular complexity index is 797. The molecule has 0 amide bonds. The molecular weight excluding hydrogens is 334 g/mol. The molecule has 1 aliphatic heterocycles. The van der Waals surface area contributed by atoms with Crippen LogP contribution in [0.25, 0.3) is 10.9 Å². The van der Waals surface area contributed by atoms with E-state index in [2.05, 4.69) is 9.88 Å². The molecule has 2 aromatic rings. The fraction of sp³-hybridized carbons (Fsp3) is 0.600. The van der Waals surface area contributed by atoms with Gasteiger partial charge in [-0.3, -0.25) is 14.3 Å². The van der Waals surface area contributed by atoms with Crippen molar-refractivity contribution in [3.05, 3.63) is 39.9 Å². The predicted molar refractivity (Wildman–Crippen MR) is 102 cm³/mol. The van der Waals surface area contributed by atoms with Gasteiger partial charge in [-0.1, -0.05) is 36.9 Å². The molecule has 0 N–H and O–H groups in total. The fourth-order valence-electron chi connectivity index (χ4n) is 4.65. The molecule has 5 heteroatoms. The van der Waals surface area contributed by atoms with E-state index in [1.54, 1.807) is 17.0 Å². The second-order valence-corrected chi connectivity index (χ2v) is 7.90. The molecule has 1 atom stereocenters. The van der Waals surface area contributed by atoms with Gasteiger partial charge < -0.3 is 0 Å². The third kappa shape index (κ3) is 3.47. The number of piperidine rings is 1. The van der Waals surface area contributed by atoms with E-state index in [0.29, 0.717) is 22.0 Å². The number of hydrogen-bond donors (Lipinski definition) is 0. The monoisotopic (exact) mass is 359 g/mol. The molecule has 4 nitrogen and oxygen atoms in total. The van der Waals surface area contributed by atoms with Crippen molar-refractivity contribution in [2.75, 3.05) is 6.54 Å². The van der Waals surface area contributed by atoms with E-state index in [0.717, 1.165) is 19.0 Å². The number of halogens is 1. The van der Waals surface area contributed by atoms with Crippen LogP contribution in [0.4, 0.5) is 0 Å². The van der Waals surface area contributed by atoms with Crippen molar-refractivity contribution in [3.8, 4) is 0 Å². The highest BCUT2D eigenvalue weighted by Gasteiger charge is 2.30. The molecule has 1 unspecified atom stereocenters. The zero-order chi connectivity index (χ0) is 17.2. The summed E-state index contributed by atoms with van der Waals surface area (Å²) in [7, 11) is 0. The zero-order valence-corrected chi connectivity index (χ0v) is 15.4. The van der Waals surface area contributed by atoms with Crippen molar-refractivity contribution in [2.24, 2.45) is 0 Å². The standard InChI is InChI=1S/C20H26ClN3O/c21-18-10-5-9-17-19(18)22-14-23(20(17)25)13-11-16-8-3-4-12-24(16)15-6-1-2-7-15/h5,9-10,14-16H,1-4,6-8,11-13H2. The van der Waals surface area contributed by atoms with Crippen LogP contribution in [0.1, 0.15) is 51.4 Å². The lowest BCUT2D eigenvalue weighted by Crippen LogP contribution is -2.45. The molecule has 25 heavy (non-hydrogen) atoms. The average molecular weight is 360 g/mol. The highest BCUT2D eigenvalue weighted by molar-refractivity contribution is 6.34. The SMILES string of the molecule is O=c1c2cccc(Cl)c2ncn1CCC1CCCCN1C1CCCC1. The molecule has 4 rings (SSSR count). The highest BCUT2D eigenvalue weighted by atomic mass is 35.5. The van der Waals surface area contributed by atoms with Gasteiger partial charge in [-0.2, -0.15) is 0 Å². The van der Waals surface area contributed by atoms with Crippen LogP contribution in [0.3, 0.4) is 0 Å². The lowest BCUT2D eigenvalue weighted by atomic mass is 9.96. The summed E-state index contributed by atoms with van der Waals surface area (Å²) in [5.74, 6) is 0. The van der Waals surface area contributed by atoms with Gasteiger partial charge in [-0.25, -0.2) is 4.98 Å². The van der Waals surface area contributed by atoms with Crippen molar-refractivity contribution in [1.29, 1.82) is 0 Å². The van der Waals surface area contributed by atoms with Crippen molar-refractivity contribution in [2.45, 2.75) is 70.0 Å². The molecule has 0 bridgehead atoms. The minimum atomic E-state index is 0.0238. The number of hydrogen-bond acceptors (Lipinski definition) is 3. The number of aryl methyl sites for hydroxylation is 1. The van der Waals surface area contributed by atoms with Gasteiger partial charge in [0, 0.05) is 18.6 Å². The lowest BCUT2D eigenvalue weighted by Gasteiger charge is -2.40. The van der Waals surface area contributed by atoms with Crippen molar-refractivity contribution in [1.82, 2.24) is 14.5 Å². The van der Waals surface area contributed by atoms with Crippen LogP contribution in [0.5, 0.6) is 0 Å². The Hall–Kier alpha value is -1.39. The molecular formula is C20H26ClN3O. The number of fused-ring (bicyclic) bond motifs is 1. The summed E-state index contributed by atoms with van der Waals surface area (Å²) in [5, 5.41) is 1.16. The van der Waals surface area contributed by atoms with Gasteiger partial charge in [0.25, 0.3) is 5.56 Å². The second kappa shape index (κ2) is 7.46. The summed E-state index contributed by atoms with van der Waals surface area (Å²) >= 11 is 6.15. The first kappa shape index (κ1) is 17.0.